The van der Waals surface area contributed by atoms with Gasteiger partial charge in [-0.15, -0.1) is 0 Å². The molecule has 0 atom stereocenters. The molecule has 4 heteroatoms. The molecule has 0 spiro atoms. The van der Waals surface area contributed by atoms with E-state index in [0.717, 1.165) is 25.2 Å². The summed E-state index contributed by atoms with van der Waals surface area (Å²) in [7, 11) is 0. The van der Waals surface area contributed by atoms with Crippen LogP contribution in [0.1, 0.15) is 59.3 Å². The van der Waals surface area contributed by atoms with E-state index in [0.29, 0.717) is 6.04 Å². The average Bonchev–Trinajstić information content (AvgIpc) is 2.63. The fourth-order valence-corrected chi connectivity index (χ4v) is 1.76. The predicted octanol–water partition coefficient (Wildman–Crippen LogP) is 2.57. The SMILES string of the molecule is CC(C)n1ncnc1CCCCNC(C)(C)C. The van der Waals surface area contributed by atoms with Crippen molar-refractivity contribution in [3.8, 4) is 0 Å². The second kappa shape index (κ2) is 6.15. The molecule has 0 saturated carbocycles. The Morgan fingerprint density at radius 2 is 2.00 bits per heavy atom. The predicted molar refractivity (Wildman–Crippen MR) is 71.1 cm³/mol. The van der Waals surface area contributed by atoms with E-state index in [-0.39, 0.29) is 5.54 Å². The van der Waals surface area contributed by atoms with Crippen LogP contribution < -0.4 is 5.32 Å². The zero-order chi connectivity index (χ0) is 12.9. The van der Waals surface area contributed by atoms with Gasteiger partial charge in [-0.25, -0.2) is 9.67 Å². The van der Waals surface area contributed by atoms with Crippen molar-refractivity contribution in [3.05, 3.63) is 12.2 Å². The topological polar surface area (TPSA) is 42.7 Å². The highest BCUT2D eigenvalue weighted by atomic mass is 15.3. The highest BCUT2D eigenvalue weighted by Crippen LogP contribution is 2.08. The lowest BCUT2D eigenvalue weighted by molar-refractivity contribution is 0.416. The molecule has 98 valence electrons. The third-order valence-corrected chi connectivity index (χ3v) is 2.62. The maximum atomic E-state index is 4.32. The lowest BCUT2D eigenvalue weighted by Gasteiger charge is -2.20. The van der Waals surface area contributed by atoms with Gasteiger partial charge in [-0.05, 0) is 54.0 Å². The van der Waals surface area contributed by atoms with Crippen molar-refractivity contribution < 1.29 is 0 Å². The number of unbranched alkanes of at least 4 members (excludes halogenated alkanes) is 1. The Balaban J connectivity index is 2.25. The van der Waals surface area contributed by atoms with E-state index in [1.54, 1.807) is 6.33 Å². The van der Waals surface area contributed by atoms with Crippen molar-refractivity contribution in [2.24, 2.45) is 0 Å². The fourth-order valence-electron chi connectivity index (χ4n) is 1.76. The lowest BCUT2D eigenvalue weighted by Crippen LogP contribution is -2.36. The van der Waals surface area contributed by atoms with E-state index in [4.69, 9.17) is 0 Å². The molecule has 0 aliphatic rings. The largest absolute Gasteiger partial charge is 0.312 e. The Bertz CT molecular complexity index is 322. The molecule has 0 aliphatic heterocycles. The molecule has 0 fully saturated rings. The number of hydrogen-bond acceptors (Lipinski definition) is 3. The first-order valence-corrected chi connectivity index (χ1v) is 6.53. The molecule has 0 saturated heterocycles. The van der Waals surface area contributed by atoms with Crippen LogP contribution in [0.15, 0.2) is 6.33 Å². The van der Waals surface area contributed by atoms with E-state index in [9.17, 15) is 0 Å². The molecule has 1 aromatic heterocycles. The summed E-state index contributed by atoms with van der Waals surface area (Å²) in [6.07, 6.45) is 5.02. The number of aryl methyl sites for hydroxylation is 1. The highest BCUT2D eigenvalue weighted by Gasteiger charge is 2.09. The van der Waals surface area contributed by atoms with Gasteiger partial charge in [-0.3, -0.25) is 0 Å². The summed E-state index contributed by atoms with van der Waals surface area (Å²) in [6, 6.07) is 0.403. The van der Waals surface area contributed by atoms with Gasteiger partial charge in [0.2, 0.25) is 0 Å². The van der Waals surface area contributed by atoms with Crippen molar-refractivity contribution in [1.82, 2.24) is 20.1 Å². The van der Waals surface area contributed by atoms with Crippen LogP contribution in [0.3, 0.4) is 0 Å². The van der Waals surface area contributed by atoms with Gasteiger partial charge in [0.15, 0.2) is 0 Å². The summed E-state index contributed by atoms with van der Waals surface area (Å²) in [5.41, 5.74) is 0.220. The van der Waals surface area contributed by atoms with Crippen LogP contribution in [0.25, 0.3) is 0 Å². The molecule has 0 amide bonds. The summed E-state index contributed by atoms with van der Waals surface area (Å²) < 4.78 is 2.01. The van der Waals surface area contributed by atoms with Gasteiger partial charge in [0.05, 0.1) is 0 Å². The molecular formula is C13H26N4. The van der Waals surface area contributed by atoms with E-state index in [2.05, 4.69) is 50.0 Å². The van der Waals surface area contributed by atoms with E-state index < -0.39 is 0 Å². The molecule has 0 bridgehead atoms. The van der Waals surface area contributed by atoms with E-state index in [1.165, 1.54) is 6.42 Å². The average molecular weight is 238 g/mol. The Kier molecular flexibility index (Phi) is 5.12. The first-order chi connectivity index (χ1) is 7.90. The minimum absolute atomic E-state index is 0.220. The summed E-state index contributed by atoms with van der Waals surface area (Å²) in [6.45, 7) is 11.9. The molecule has 0 radical (unpaired) electrons. The van der Waals surface area contributed by atoms with Gasteiger partial charge in [0, 0.05) is 18.0 Å². The van der Waals surface area contributed by atoms with Gasteiger partial charge in [0.25, 0.3) is 0 Å². The molecule has 1 rings (SSSR count). The Morgan fingerprint density at radius 1 is 1.29 bits per heavy atom. The van der Waals surface area contributed by atoms with Crippen molar-refractivity contribution in [2.75, 3.05) is 6.54 Å². The quantitative estimate of drug-likeness (QED) is 0.775. The van der Waals surface area contributed by atoms with Crippen LogP contribution in [0, 0.1) is 0 Å². The van der Waals surface area contributed by atoms with Crippen LogP contribution in [0.5, 0.6) is 0 Å². The number of aromatic nitrogens is 3. The summed E-state index contributed by atoms with van der Waals surface area (Å²) in [5, 5.41) is 7.74. The number of nitrogens with one attached hydrogen (secondary N) is 1. The summed E-state index contributed by atoms with van der Waals surface area (Å²) >= 11 is 0. The molecule has 1 N–H and O–H groups in total. The van der Waals surface area contributed by atoms with Gasteiger partial charge in [-0.2, -0.15) is 5.10 Å². The van der Waals surface area contributed by atoms with Gasteiger partial charge in [0.1, 0.15) is 12.2 Å². The molecule has 1 aromatic rings. The molecule has 0 aliphatic carbocycles. The van der Waals surface area contributed by atoms with E-state index >= 15 is 0 Å². The minimum atomic E-state index is 0.220. The van der Waals surface area contributed by atoms with Crippen LogP contribution in [0.4, 0.5) is 0 Å². The van der Waals surface area contributed by atoms with Gasteiger partial charge >= 0.3 is 0 Å². The third-order valence-electron chi connectivity index (χ3n) is 2.62. The zero-order valence-electron chi connectivity index (χ0n) is 11.8. The second-order valence-corrected chi connectivity index (χ2v) is 5.85. The van der Waals surface area contributed by atoms with Crippen molar-refractivity contribution in [3.63, 3.8) is 0 Å². The number of hydrogen-bond donors (Lipinski definition) is 1. The fraction of sp³-hybridized carbons (Fsp3) is 0.846. The number of nitrogens with zero attached hydrogens (tertiary/aromatic N) is 3. The second-order valence-electron chi connectivity index (χ2n) is 5.85. The Hall–Kier alpha value is -0.900. The van der Waals surface area contributed by atoms with Crippen LogP contribution in [-0.2, 0) is 6.42 Å². The highest BCUT2D eigenvalue weighted by molar-refractivity contribution is 4.86. The zero-order valence-corrected chi connectivity index (χ0v) is 11.8. The minimum Gasteiger partial charge on any atom is -0.312 e. The number of rotatable bonds is 6. The Labute approximate surface area is 105 Å². The molecule has 1 heterocycles. The van der Waals surface area contributed by atoms with Gasteiger partial charge < -0.3 is 5.32 Å². The summed E-state index contributed by atoms with van der Waals surface area (Å²) in [5.74, 6) is 1.11. The van der Waals surface area contributed by atoms with Gasteiger partial charge in [-0.1, -0.05) is 0 Å². The Morgan fingerprint density at radius 3 is 2.59 bits per heavy atom. The van der Waals surface area contributed by atoms with Crippen molar-refractivity contribution in [2.45, 2.75) is 65.5 Å². The summed E-state index contributed by atoms with van der Waals surface area (Å²) in [4.78, 5) is 4.32. The first-order valence-electron chi connectivity index (χ1n) is 6.53. The first kappa shape index (κ1) is 14.2. The normalized spacial score (nSPS) is 12.4. The molecule has 0 aromatic carbocycles. The smallest absolute Gasteiger partial charge is 0.138 e. The van der Waals surface area contributed by atoms with Crippen LogP contribution in [-0.4, -0.2) is 26.8 Å². The molecular weight excluding hydrogens is 212 g/mol. The van der Waals surface area contributed by atoms with Crippen molar-refractivity contribution in [1.29, 1.82) is 0 Å². The maximum Gasteiger partial charge on any atom is 0.138 e. The molecule has 4 nitrogen and oxygen atoms in total. The lowest BCUT2D eigenvalue weighted by atomic mass is 10.1. The molecule has 0 unspecified atom stereocenters. The van der Waals surface area contributed by atoms with Crippen LogP contribution >= 0.6 is 0 Å². The standard InChI is InChI=1S/C13H26N4/c1-11(2)17-12(14-10-16-17)8-6-7-9-15-13(3,4)5/h10-11,15H,6-9H2,1-5H3. The van der Waals surface area contributed by atoms with Crippen molar-refractivity contribution >= 4 is 0 Å². The molecule has 17 heavy (non-hydrogen) atoms. The van der Waals surface area contributed by atoms with E-state index in [1.807, 2.05) is 4.68 Å². The monoisotopic (exact) mass is 238 g/mol. The maximum absolute atomic E-state index is 4.32. The third kappa shape index (κ3) is 5.31. The van der Waals surface area contributed by atoms with Crippen LogP contribution in [0.2, 0.25) is 0 Å².